The lowest BCUT2D eigenvalue weighted by atomic mass is 10.3. The molecule has 6 nitrogen and oxygen atoms in total. The van der Waals surface area contributed by atoms with E-state index in [1.54, 1.807) is 18.2 Å². The first-order valence-corrected chi connectivity index (χ1v) is 8.18. The summed E-state index contributed by atoms with van der Waals surface area (Å²) in [5.41, 5.74) is 1.05. The van der Waals surface area contributed by atoms with E-state index in [-0.39, 0.29) is 5.91 Å². The first-order valence-electron chi connectivity index (χ1n) is 7.43. The minimum atomic E-state index is -0.190. The SMILES string of the molecule is CN(C)CCCNC(=O)c1cnc(Nc2ccc(Cl)cc2Cl)nc1. The summed E-state index contributed by atoms with van der Waals surface area (Å²) in [6.45, 7) is 1.53. The van der Waals surface area contributed by atoms with E-state index in [9.17, 15) is 4.79 Å². The van der Waals surface area contributed by atoms with Crippen LogP contribution in [0.15, 0.2) is 30.6 Å². The van der Waals surface area contributed by atoms with Crippen LogP contribution in [-0.4, -0.2) is 48.0 Å². The van der Waals surface area contributed by atoms with Crippen LogP contribution in [0.5, 0.6) is 0 Å². The van der Waals surface area contributed by atoms with E-state index in [4.69, 9.17) is 23.2 Å². The summed E-state index contributed by atoms with van der Waals surface area (Å²) in [5.74, 6) is 0.160. The van der Waals surface area contributed by atoms with Gasteiger partial charge >= 0.3 is 0 Å². The number of carbonyl (C=O) groups excluding carboxylic acids is 1. The fourth-order valence-corrected chi connectivity index (χ4v) is 2.38. The normalized spacial score (nSPS) is 10.7. The van der Waals surface area contributed by atoms with E-state index in [2.05, 4.69) is 25.5 Å². The van der Waals surface area contributed by atoms with Crippen LogP contribution in [0.2, 0.25) is 10.0 Å². The Morgan fingerprint density at radius 1 is 1.21 bits per heavy atom. The van der Waals surface area contributed by atoms with Gasteiger partial charge in [-0.15, -0.1) is 0 Å². The molecule has 2 aromatic rings. The highest BCUT2D eigenvalue weighted by atomic mass is 35.5. The zero-order chi connectivity index (χ0) is 17.5. The van der Waals surface area contributed by atoms with Gasteiger partial charge in [0.1, 0.15) is 0 Å². The third-order valence-corrected chi connectivity index (χ3v) is 3.71. The van der Waals surface area contributed by atoms with Crippen molar-refractivity contribution in [1.82, 2.24) is 20.2 Å². The Morgan fingerprint density at radius 3 is 2.54 bits per heavy atom. The molecule has 128 valence electrons. The molecule has 1 aromatic carbocycles. The van der Waals surface area contributed by atoms with Crippen molar-refractivity contribution in [2.75, 3.05) is 32.5 Å². The molecule has 0 bridgehead atoms. The van der Waals surface area contributed by atoms with Crippen LogP contribution < -0.4 is 10.6 Å². The van der Waals surface area contributed by atoms with Crippen molar-refractivity contribution >= 4 is 40.7 Å². The number of benzene rings is 1. The summed E-state index contributed by atoms with van der Waals surface area (Å²) in [6, 6.07) is 5.08. The Balaban J connectivity index is 1.91. The largest absolute Gasteiger partial charge is 0.352 e. The van der Waals surface area contributed by atoms with Gasteiger partial charge in [0, 0.05) is 24.0 Å². The van der Waals surface area contributed by atoms with E-state index in [0.717, 1.165) is 13.0 Å². The van der Waals surface area contributed by atoms with E-state index < -0.39 is 0 Å². The number of nitrogens with one attached hydrogen (secondary N) is 2. The molecule has 2 rings (SSSR count). The van der Waals surface area contributed by atoms with Gasteiger partial charge in [-0.1, -0.05) is 23.2 Å². The molecule has 0 atom stereocenters. The molecule has 0 fully saturated rings. The van der Waals surface area contributed by atoms with Gasteiger partial charge in [-0.2, -0.15) is 0 Å². The molecule has 1 aromatic heterocycles. The molecule has 8 heteroatoms. The number of hydrogen-bond acceptors (Lipinski definition) is 5. The van der Waals surface area contributed by atoms with Crippen molar-refractivity contribution in [2.45, 2.75) is 6.42 Å². The van der Waals surface area contributed by atoms with Crippen LogP contribution in [0.1, 0.15) is 16.8 Å². The van der Waals surface area contributed by atoms with Crippen molar-refractivity contribution < 1.29 is 4.79 Å². The van der Waals surface area contributed by atoms with Gasteiger partial charge in [0.25, 0.3) is 5.91 Å². The Bertz CT molecular complexity index is 691. The summed E-state index contributed by atoms with van der Waals surface area (Å²) in [4.78, 5) is 22.3. The fourth-order valence-electron chi connectivity index (χ4n) is 1.92. The van der Waals surface area contributed by atoms with Crippen LogP contribution in [0.25, 0.3) is 0 Å². The standard InChI is InChI=1S/C16H19Cl2N5O/c1-23(2)7-3-6-19-15(24)11-9-20-16(21-10-11)22-14-5-4-12(17)8-13(14)18/h4-5,8-10H,3,6-7H2,1-2H3,(H,19,24)(H,20,21,22). The van der Waals surface area contributed by atoms with Gasteiger partial charge in [-0.25, -0.2) is 9.97 Å². The Kier molecular flexibility index (Phi) is 6.78. The predicted molar refractivity (Wildman–Crippen MR) is 97.3 cm³/mol. The van der Waals surface area contributed by atoms with Gasteiger partial charge < -0.3 is 15.5 Å². The molecule has 0 aliphatic carbocycles. The van der Waals surface area contributed by atoms with Crippen LogP contribution in [0, 0.1) is 0 Å². The van der Waals surface area contributed by atoms with Crippen molar-refractivity contribution in [2.24, 2.45) is 0 Å². The number of aromatic nitrogens is 2. The third-order valence-electron chi connectivity index (χ3n) is 3.16. The highest BCUT2D eigenvalue weighted by molar-refractivity contribution is 6.36. The highest BCUT2D eigenvalue weighted by Crippen LogP contribution is 2.26. The van der Waals surface area contributed by atoms with Gasteiger partial charge in [0.05, 0.1) is 16.3 Å². The zero-order valence-corrected chi connectivity index (χ0v) is 15.0. The maximum absolute atomic E-state index is 12.0. The fraction of sp³-hybridized carbons (Fsp3) is 0.312. The van der Waals surface area contributed by atoms with E-state index in [1.165, 1.54) is 12.4 Å². The number of rotatable bonds is 7. The number of nitrogens with zero attached hydrogens (tertiary/aromatic N) is 3. The summed E-state index contributed by atoms with van der Waals surface area (Å²) in [6.07, 6.45) is 3.83. The number of amides is 1. The zero-order valence-electron chi connectivity index (χ0n) is 13.5. The van der Waals surface area contributed by atoms with E-state index in [1.807, 2.05) is 14.1 Å². The Morgan fingerprint density at radius 2 is 1.92 bits per heavy atom. The molecule has 0 unspecified atom stereocenters. The first-order chi connectivity index (χ1) is 11.5. The summed E-state index contributed by atoms with van der Waals surface area (Å²) >= 11 is 11.9. The second kappa shape index (κ2) is 8.82. The summed E-state index contributed by atoms with van der Waals surface area (Å²) in [7, 11) is 3.99. The quantitative estimate of drug-likeness (QED) is 0.735. The minimum Gasteiger partial charge on any atom is -0.352 e. The maximum Gasteiger partial charge on any atom is 0.254 e. The molecule has 0 saturated carbocycles. The molecule has 0 spiro atoms. The number of anilines is 2. The van der Waals surface area contributed by atoms with Crippen molar-refractivity contribution in [3.8, 4) is 0 Å². The van der Waals surface area contributed by atoms with Crippen molar-refractivity contribution in [3.63, 3.8) is 0 Å². The molecule has 0 aliphatic rings. The molecule has 24 heavy (non-hydrogen) atoms. The van der Waals surface area contributed by atoms with Crippen LogP contribution in [0.3, 0.4) is 0 Å². The van der Waals surface area contributed by atoms with Crippen LogP contribution in [-0.2, 0) is 0 Å². The van der Waals surface area contributed by atoms with Gasteiger partial charge in [-0.05, 0) is 45.3 Å². The molecule has 0 saturated heterocycles. The minimum absolute atomic E-state index is 0.190. The second-order valence-corrected chi connectivity index (χ2v) is 6.30. The number of carbonyl (C=O) groups is 1. The first kappa shape index (κ1) is 18.4. The molecule has 0 aliphatic heterocycles. The Labute approximate surface area is 151 Å². The van der Waals surface area contributed by atoms with Crippen LogP contribution in [0.4, 0.5) is 11.6 Å². The number of halogens is 2. The van der Waals surface area contributed by atoms with Crippen LogP contribution >= 0.6 is 23.2 Å². The molecule has 1 heterocycles. The molecular weight excluding hydrogens is 349 g/mol. The Hall–Kier alpha value is -1.89. The topological polar surface area (TPSA) is 70.2 Å². The van der Waals surface area contributed by atoms with Crippen molar-refractivity contribution in [3.05, 3.63) is 46.2 Å². The lowest BCUT2D eigenvalue weighted by Gasteiger charge is -2.10. The average Bonchev–Trinajstić information content (AvgIpc) is 2.54. The van der Waals surface area contributed by atoms with E-state index >= 15 is 0 Å². The average molecular weight is 368 g/mol. The van der Waals surface area contributed by atoms with Crippen molar-refractivity contribution in [1.29, 1.82) is 0 Å². The second-order valence-electron chi connectivity index (χ2n) is 5.46. The maximum atomic E-state index is 12.0. The smallest absolute Gasteiger partial charge is 0.254 e. The molecule has 0 radical (unpaired) electrons. The monoisotopic (exact) mass is 367 g/mol. The molecule has 2 N–H and O–H groups in total. The summed E-state index contributed by atoms with van der Waals surface area (Å²) in [5, 5.41) is 6.83. The number of hydrogen-bond donors (Lipinski definition) is 2. The summed E-state index contributed by atoms with van der Waals surface area (Å²) < 4.78 is 0. The lowest BCUT2D eigenvalue weighted by Crippen LogP contribution is -2.27. The highest BCUT2D eigenvalue weighted by Gasteiger charge is 2.08. The third kappa shape index (κ3) is 5.63. The molecular formula is C16H19Cl2N5O. The van der Waals surface area contributed by atoms with Gasteiger partial charge in [-0.3, -0.25) is 4.79 Å². The van der Waals surface area contributed by atoms with E-state index in [0.29, 0.717) is 33.8 Å². The molecule has 1 amide bonds. The lowest BCUT2D eigenvalue weighted by molar-refractivity contribution is 0.0951. The van der Waals surface area contributed by atoms with Gasteiger partial charge in [0.15, 0.2) is 0 Å². The predicted octanol–water partition coefficient (Wildman–Crippen LogP) is 3.21. The van der Waals surface area contributed by atoms with Gasteiger partial charge in [0.2, 0.25) is 5.95 Å².